The van der Waals surface area contributed by atoms with Crippen molar-refractivity contribution in [2.45, 2.75) is 27.3 Å². The van der Waals surface area contributed by atoms with E-state index in [4.69, 9.17) is 12.2 Å². The lowest BCUT2D eigenvalue weighted by Crippen LogP contribution is -2.13. The molecule has 0 aliphatic heterocycles. The molecule has 2 nitrogen and oxygen atoms in total. The van der Waals surface area contributed by atoms with Crippen molar-refractivity contribution in [1.82, 2.24) is 9.55 Å². The summed E-state index contributed by atoms with van der Waals surface area (Å²) in [5.41, 5.74) is 0.766. The Labute approximate surface area is 110 Å². The maximum absolute atomic E-state index is 13.6. The Morgan fingerprint density at radius 3 is 2.56 bits per heavy atom. The molecule has 1 unspecified atom stereocenters. The molecule has 1 aromatic heterocycles. The van der Waals surface area contributed by atoms with E-state index in [0.717, 1.165) is 6.07 Å². The van der Waals surface area contributed by atoms with Gasteiger partial charge in [-0.05, 0) is 30.1 Å². The summed E-state index contributed by atoms with van der Waals surface area (Å²) in [6.07, 6.45) is 0. The van der Waals surface area contributed by atoms with Crippen molar-refractivity contribution in [3.05, 3.63) is 28.5 Å². The molecule has 0 aliphatic rings. The predicted molar refractivity (Wildman–Crippen MR) is 71.0 cm³/mol. The Balaban J connectivity index is 2.57. The Hall–Kier alpha value is -1.23. The third kappa shape index (κ3) is 2.32. The zero-order valence-electron chi connectivity index (χ0n) is 10.6. The van der Waals surface area contributed by atoms with Crippen LogP contribution in [0.2, 0.25) is 0 Å². The Kier molecular flexibility index (Phi) is 3.52. The van der Waals surface area contributed by atoms with Crippen LogP contribution in [-0.4, -0.2) is 9.55 Å². The van der Waals surface area contributed by atoms with Crippen molar-refractivity contribution in [1.29, 1.82) is 0 Å². The van der Waals surface area contributed by atoms with Gasteiger partial charge >= 0.3 is 0 Å². The van der Waals surface area contributed by atoms with E-state index in [2.05, 4.69) is 25.8 Å². The molecule has 0 amide bonds. The number of hydrogen-bond donors (Lipinski definition) is 1. The molecular formula is C13H16F2N2S. The molecule has 18 heavy (non-hydrogen) atoms. The normalized spacial score (nSPS) is 13.4. The first-order valence-corrected chi connectivity index (χ1v) is 6.38. The number of benzene rings is 1. The number of H-pyrrole nitrogens is 1. The summed E-state index contributed by atoms with van der Waals surface area (Å²) in [5.74, 6) is -0.329. The molecule has 5 heteroatoms. The van der Waals surface area contributed by atoms with Gasteiger partial charge in [0.15, 0.2) is 10.6 Å². The van der Waals surface area contributed by atoms with Crippen molar-refractivity contribution in [3.8, 4) is 0 Å². The largest absolute Gasteiger partial charge is 0.328 e. The molecule has 0 aliphatic carbocycles. The minimum absolute atomic E-state index is 0.275. The number of aromatic nitrogens is 2. The first-order valence-electron chi connectivity index (χ1n) is 5.97. The summed E-state index contributed by atoms with van der Waals surface area (Å²) in [7, 11) is 0. The molecule has 98 valence electrons. The second-order valence-corrected chi connectivity index (χ2v) is 5.43. The third-order valence-electron chi connectivity index (χ3n) is 3.41. The number of fused-ring (bicyclic) bond motifs is 1. The van der Waals surface area contributed by atoms with Crippen LogP contribution in [0.15, 0.2) is 12.1 Å². The molecule has 2 rings (SSSR count). The highest BCUT2D eigenvalue weighted by Crippen LogP contribution is 2.22. The predicted octanol–water partition coefficient (Wildman–Crippen LogP) is 4.27. The van der Waals surface area contributed by atoms with Crippen LogP contribution in [0.25, 0.3) is 11.0 Å². The van der Waals surface area contributed by atoms with Crippen LogP contribution in [0, 0.1) is 28.2 Å². The van der Waals surface area contributed by atoms with E-state index in [-0.39, 0.29) is 5.52 Å². The van der Waals surface area contributed by atoms with Crippen LogP contribution in [0.3, 0.4) is 0 Å². The lowest BCUT2D eigenvalue weighted by atomic mass is 9.98. The van der Waals surface area contributed by atoms with E-state index in [1.807, 2.05) is 0 Å². The molecule has 0 saturated carbocycles. The Bertz CT molecular complexity index is 628. The van der Waals surface area contributed by atoms with Gasteiger partial charge in [-0.25, -0.2) is 8.78 Å². The maximum atomic E-state index is 13.6. The first kappa shape index (κ1) is 13.2. The molecule has 1 aromatic carbocycles. The molecule has 1 heterocycles. The number of imidazole rings is 1. The van der Waals surface area contributed by atoms with Crippen LogP contribution < -0.4 is 0 Å². The van der Waals surface area contributed by atoms with E-state index in [1.54, 1.807) is 4.57 Å². The van der Waals surface area contributed by atoms with Crippen molar-refractivity contribution in [3.63, 3.8) is 0 Å². The SMILES string of the molecule is CC(C)C(C)Cn1c(=S)[nH]c2c(F)cc(F)cc21. The zero-order valence-corrected chi connectivity index (χ0v) is 11.4. The number of nitrogens with one attached hydrogen (secondary N) is 1. The minimum Gasteiger partial charge on any atom is -0.328 e. The van der Waals surface area contributed by atoms with Crippen molar-refractivity contribution >= 4 is 23.3 Å². The van der Waals surface area contributed by atoms with Gasteiger partial charge in [0, 0.05) is 12.6 Å². The minimum atomic E-state index is -0.605. The summed E-state index contributed by atoms with van der Waals surface area (Å²) >= 11 is 5.18. The average Bonchev–Trinajstić information content (AvgIpc) is 2.57. The smallest absolute Gasteiger partial charge is 0.178 e. The Morgan fingerprint density at radius 1 is 1.28 bits per heavy atom. The molecule has 0 radical (unpaired) electrons. The molecule has 0 spiro atoms. The lowest BCUT2D eigenvalue weighted by molar-refractivity contribution is 0.367. The second-order valence-electron chi connectivity index (χ2n) is 5.04. The van der Waals surface area contributed by atoms with Crippen molar-refractivity contribution in [2.75, 3.05) is 0 Å². The van der Waals surface area contributed by atoms with Gasteiger partial charge in [0.1, 0.15) is 11.3 Å². The van der Waals surface area contributed by atoms with Gasteiger partial charge in [0.25, 0.3) is 0 Å². The first-order chi connectivity index (χ1) is 8.40. The highest BCUT2D eigenvalue weighted by molar-refractivity contribution is 7.71. The van der Waals surface area contributed by atoms with E-state index >= 15 is 0 Å². The van der Waals surface area contributed by atoms with E-state index in [1.165, 1.54) is 6.07 Å². The van der Waals surface area contributed by atoms with E-state index in [0.29, 0.717) is 28.7 Å². The highest BCUT2D eigenvalue weighted by atomic mass is 32.1. The quantitative estimate of drug-likeness (QED) is 0.826. The van der Waals surface area contributed by atoms with Crippen LogP contribution in [0.4, 0.5) is 8.78 Å². The standard InChI is InChI=1S/C13H16F2N2S/c1-7(2)8(3)6-17-11-5-9(14)4-10(15)12(11)16-13(17)18/h4-5,7-8H,6H2,1-3H3,(H,16,18). The van der Waals surface area contributed by atoms with Crippen LogP contribution in [-0.2, 0) is 6.54 Å². The van der Waals surface area contributed by atoms with Crippen LogP contribution in [0.1, 0.15) is 20.8 Å². The summed E-state index contributed by atoms with van der Waals surface area (Å²) in [5, 5.41) is 0. The molecule has 1 N–H and O–H groups in total. The van der Waals surface area contributed by atoms with Crippen LogP contribution >= 0.6 is 12.2 Å². The lowest BCUT2D eigenvalue weighted by Gasteiger charge is -2.16. The molecule has 0 bridgehead atoms. The van der Waals surface area contributed by atoms with Gasteiger partial charge in [0.05, 0.1) is 5.52 Å². The van der Waals surface area contributed by atoms with Crippen molar-refractivity contribution in [2.24, 2.45) is 11.8 Å². The molecule has 2 aromatic rings. The van der Waals surface area contributed by atoms with Gasteiger partial charge in [-0.3, -0.25) is 0 Å². The number of rotatable bonds is 3. The average molecular weight is 270 g/mol. The van der Waals surface area contributed by atoms with Gasteiger partial charge in [0.2, 0.25) is 0 Å². The fourth-order valence-electron chi connectivity index (χ4n) is 1.86. The fourth-order valence-corrected chi connectivity index (χ4v) is 2.14. The summed E-state index contributed by atoms with van der Waals surface area (Å²) < 4.78 is 29.1. The molecule has 0 fully saturated rings. The number of hydrogen-bond acceptors (Lipinski definition) is 1. The van der Waals surface area contributed by atoms with Crippen molar-refractivity contribution < 1.29 is 8.78 Å². The number of aromatic amines is 1. The topological polar surface area (TPSA) is 20.7 Å². The van der Waals surface area contributed by atoms with Gasteiger partial charge in [-0.1, -0.05) is 20.8 Å². The maximum Gasteiger partial charge on any atom is 0.178 e. The fraction of sp³-hybridized carbons (Fsp3) is 0.462. The monoisotopic (exact) mass is 270 g/mol. The summed E-state index contributed by atoms with van der Waals surface area (Å²) in [4.78, 5) is 2.80. The van der Waals surface area contributed by atoms with Gasteiger partial charge in [-0.2, -0.15) is 0 Å². The molecule has 1 atom stereocenters. The van der Waals surface area contributed by atoms with E-state index < -0.39 is 11.6 Å². The Morgan fingerprint density at radius 2 is 1.94 bits per heavy atom. The summed E-state index contributed by atoms with van der Waals surface area (Å²) in [6, 6.07) is 2.18. The molecule has 0 saturated heterocycles. The van der Waals surface area contributed by atoms with E-state index in [9.17, 15) is 8.78 Å². The van der Waals surface area contributed by atoms with Gasteiger partial charge in [-0.15, -0.1) is 0 Å². The number of halogens is 2. The molecular weight excluding hydrogens is 254 g/mol. The highest BCUT2D eigenvalue weighted by Gasteiger charge is 2.14. The zero-order chi connectivity index (χ0) is 13.4. The van der Waals surface area contributed by atoms with Crippen LogP contribution in [0.5, 0.6) is 0 Å². The second kappa shape index (κ2) is 4.80. The number of nitrogens with zero attached hydrogens (tertiary/aromatic N) is 1. The summed E-state index contributed by atoms with van der Waals surface area (Å²) in [6.45, 7) is 6.98. The third-order valence-corrected chi connectivity index (χ3v) is 3.73. The van der Waals surface area contributed by atoms with Gasteiger partial charge < -0.3 is 9.55 Å².